The van der Waals surface area contributed by atoms with Crippen molar-refractivity contribution in [3.05, 3.63) is 46.7 Å². The SMILES string of the molecule is Cc1c(Cl)cccc1-c1ccc(CNCC(=O)O)o1. The summed E-state index contributed by atoms with van der Waals surface area (Å²) in [7, 11) is 0. The summed E-state index contributed by atoms with van der Waals surface area (Å²) < 4.78 is 5.67. The second kappa shape index (κ2) is 5.91. The Kier molecular flexibility index (Phi) is 4.24. The van der Waals surface area contributed by atoms with Crippen LogP contribution < -0.4 is 5.32 Å². The van der Waals surface area contributed by atoms with Crippen LogP contribution in [0, 0.1) is 6.92 Å². The van der Waals surface area contributed by atoms with Gasteiger partial charge in [0.1, 0.15) is 11.5 Å². The summed E-state index contributed by atoms with van der Waals surface area (Å²) in [5.74, 6) is 0.528. The van der Waals surface area contributed by atoms with Crippen molar-refractivity contribution in [2.45, 2.75) is 13.5 Å². The second-order valence-electron chi connectivity index (χ2n) is 4.18. The van der Waals surface area contributed by atoms with Gasteiger partial charge in [0, 0.05) is 10.6 Å². The number of rotatable bonds is 5. The van der Waals surface area contributed by atoms with Gasteiger partial charge >= 0.3 is 5.97 Å². The van der Waals surface area contributed by atoms with Crippen LogP contribution in [0.4, 0.5) is 0 Å². The molecule has 2 rings (SSSR count). The Morgan fingerprint density at radius 3 is 2.89 bits per heavy atom. The molecule has 4 nitrogen and oxygen atoms in total. The van der Waals surface area contributed by atoms with Gasteiger partial charge in [-0.2, -0.15) is 0 Å². The van der Waals surface area contributed by atoms with E-state index >= 15 is 0 Å². The van der Waals surface area contributed by atoms with Gasteiger partial charge in [0.25, 0.3) is 0 Å². The predicted octanol–water partition coefficient (Wildman–Crippen LogP) is 3.08. The predicted molar refractivity (Wildman–Crippen MR) is 73.2 cm³/mol. The number of furan rings is 1. The summed E-state index contributed by atoms with van der Waals surface area (Å²) in [6, 6.07) is 9.32. The molecule has 0 atom stereocenters. The van der Waals surface area contributed by atoms with Gasteiger partial charge in [-0.15, -0.1) is 0 Å². The van der Waals surface area contributed by atoms with Crippen LogP contribution in [0.5, 0.6) is 0 Å². The largest absolute Gasteiger partial charge is 0.480 e. The zero-order valence-electron chi connectivity index (χ0n) is 10.4. The van der Waals surface area contributed by atoms with Gasteiger partial charge in [-0.1, -0.05) is 23.7 Å². The molecule has 0 saturated heterocycles. The zero-order valence-corrected chi connectivity index (χ0v) is 11.2. The third kappa shape index (κ3) is 3.36. The van der Waals surface area contributed by atoms with Gasteiger partial charge in [0.15, 0.2) is 0 Å². The molecule has 1 heterocycles. The van der Waals surface area contributed by atoms with Gasteiger partial charge in [0.05, 0.1) is 13.1 Å². The lowest BCUT2D eigenvalue weighted by Gasteiger charge is -2.04. The zero-order chi connectivity index (χ0) is 13.8. The highest BCUT2D eigenvalue weighted by atomic mass is 35.5. The van der Waals surface area contributed by atoms with Crippen molar-refractivity contribution >= 4 is 17.6 Å². The van der Waals surface area contributed by atoms with Gasteiger partial charge < -0.3 is 9.52 Å². The number of nitrogens with one attached hydrogen (secondary N) is 1. The van der Waals surface area contributed by atoms with E-state index in [0.717, 1.165) is 16.9 Å². The number of carboxylic acid groups (broad SMARTS) is 1. The minimum absolute atomic E-state index is 0.0910. The van der Waals surface area contributed by atoms with E-state index in [2.05, 4.69) is 5.32 Å². The molecule has 2 N–H and O–H groups in total. The topological polar surface area (TPSA) is 62.5 Å². The van der Waals surface area contributed by atoms with Gasteiger partial charge in [-0.3, -0.25) is 10.1 Å². The third-order valence-electron chi connectivity index (χ3n) is 2.77. The van der Waals surface area contributed by atoms with E-state index in [4.69, 9.17) is 21.1 Å². The van der Waals surface area contributed by atoms with Crippen molar-refractivity contribution in [3.8, 4) is 11.3 Å². The van der Waals surface area contributed by atoms with Crippen molar-refractivity contribution in [1.29, 1.82) is 0 Å². The summed E-state index contributed by atoms with van der Waals surface area (Å²) in [5.41, 5.74) is 1.90. The highest BCUT2D eigenvalue weighted by Gasteiger charge is 2.09. The molecule has 5 heteroatoms. The normalized spacial score (nSPS) is 10.6. The van der Waals surface area contributed by atoms with Crippen LogP contribution in [-0.2, 0) is 11.3 Å². The van der Waals surface area contributed by atoms with Crippen molar-refractivity contribution in [2.75, 3.05) is 6.54 Å². The number of carboxylic acids is 1. The van der Waals surface area contributed by atoms with E-state index < -0.39 is 5.97 Å². The Hall–Kier alpha value is -1.78. The number of benzene rings is 1. The van der Waals surface area contributed by atoms with Crippen molar-refractivity contribution in [3.63, 3.8) is 0 Å². The Balaban J connectivity index is 2.12. The second-order valence-corrected chi connectivity index (χ2v) is 4.58. The number of halogens is 1. The molecular weight excluding hydrogens is 266 g/mol. The van der Waals surface area contributed by atoms with Crippen molar-refractivity contribution < 1.29 is 14.3 Å². The fourth-order valence-corrected chi connectivity index (χ4v) is 1.96. The minimum Gasteiger partial charge on any atom is -0.480 e. The van der Waals surface area contributed by atoms with E-state index in [-0.39, 0.29) is 6.54 Å². The Bertz CT molecular complexity index is 592. The summed E-state index contributed by atoms with van der Waals surface area (Å²) in [5, 5.41) is 12.0. The van der Waals surface area contributed by atoms with Crippen molar-refractivity contribution in [2.24, 2.45) is 0 Å². The first-order valence-corrected chi connectivity index (χ1v) is 6.22. The molecule has 0 amide bonds. The van der Waals surface area contributed by atoms with Crippen LogP contribution in [0.25, 0.3) is 11.3 Å². The van der Waals surface area contributed by atoms with E-state index in [1.54, 1.807) is 0 Å². The molecule has 0 aliphatic carbocycles. The standard InChI is InChI=1S/C14H14ClNO3/c1-9-11(3-2-4-12(9)15)13-6-5-10(19-13)7-16-8-14(17)18/h2-6,16H,7-8H2,1H3,(H,17,18). The molecule has 0 saturated carbocycles. The van der Waals surface area contributed by atoms with E-state index in [1.807, 2.05) is 37.3 Å². The lowest BCUT2D eigenvalue weighted by Crippen LogP contribution is -2.21. The highest BCUT2D eigenvalue weighted by molar-refractivity contribution is 6.31. The van der Waals surface area contributed by atoms with E-state index in [9.17, 15) is 4.79 Å². The molecule has 0 spiro atoms. The Morgan fingerprint density at radius 1 is 1.37 bits per heavy atom. The first-order valence-electron chi connectivity index (χ1n) is 5.84. The van der Waals surface area contributed by atoms with E-state index in [1.165, 1.54) is 0 Å². The fraction of sp³-hybridized carbons (Fsp3) is 0.214. The van der Waals surface area contributed by atoms with Crippen LogP contribution >= 0.6 is 11.6 Å². The highest BCUT2D eigenvalue weighted by Crippen LogP contribution is 2.29. The smallest absolute Gasteiger partial charge is 0.317 e. The molecule has 100 valence electrons. The van der Waals surface area contributed by atoms with Crippen LogP contribution in [-0.4, -0.2) is 17.6 Å². The summed E-state index contributed by atoms with van der Waals surface area (Å²) in [6.07, 6.45) is 0. The fourth-order valence-electron chi connectivity index (χ4n) is 1.78. The first kappa shape index (κ1) is 13.6. The molecule has 1 aromatic heterocycles. The molecule has 0 aliphatic heterocycles. The summed E-state index contributed by atoms with van der Waals surface area (Å²) >= 11 is 6.07. The lowest BCUT2D eigenvalue weighted by molar-refractivity contribution is -0.136. The molecular formula is C14H14ClNO3. The molecule has 0 radical (unpaired) electrons. The first-order chi connectivity index (χ1) is 9.08. The minimum atomic E-state index is -0.891. The maximum atomic E-state index is 10.4. The molecule has 0 unspecified atom stereocenters. The van der Waals surface area contributed by atoms with E-state index in [0.29, 0.717) is 17.3 Å². The number of carbonyl (C=O) groups is 1. The van der Waals surface area contributed by atoms with Crippen LogP contribution in [0.3, 0.4) is 0 Å². The Labute approximate surface area is 116 Å². The Morgan fingerprint density at radius 2 is 2.16 bits per heavy atom. The van der Waals surface area contributed by atoms with Crippen LogP contribution in [0.2, 0.25) is 5.02 Å². The number of hydrogen-bond donors (Lipinski definition) is 2. The molecule has 1 aromatic carbocycles. The third-order valence-corrected chi connectivity index (χ3v) is 3.18. The molecule has 19 heavy (non-hydrogen) atoms. The van der Waals surface area contributed by atoms with Crippen molar-refractivity contribution in [1.82, 2.24) is 5.32 Å². The van der Waals surface area contributed by atoms with Gasteiger partial charge in [-0.05, 0) is 30.7 Å². The average Bonchev–Trinajstić information content (AvgIpc) is 2.81. The average molecular weight is 280 g/mol. The molecule has 2 aromatic rings. The van der Waals surface area contributed by atoms with Crippen LogP contribution in [0.15, 0.2) is 34.7 Å². The summed E-state index contributed by atoms with van der Waals surface area (Å²) in [4.78, 5) is 10.4. The monoisotopic (exact) mass is 279 g/mol. The lowest BCUT2D eigenvalue weighted by atomic mass is 10.1. The maximum Gasteiger partial charge on any atom is 0.317 e. The quantitative estimate of drug-likeness (QED) is 0.883. The van der Waals surface area contributed by atoms with Crippen LogP contribution in [0.1, 0.15) is 11.3 Å². The number of aliphatic carboxylic acids is 1. The molecule has 0 aliphatic rings. The maximum absolute atomic E-state index is 10.4. The number of hydrogen-bond acceptors (Lipinski definition) is 3. The molecule has 0 bridgehead atoms. The summed E-state index contributed by atoms with van der Waals surface area (Å²) in [6.45, 7) is 2.22. The van der Waals surface area contributed by atoms with Gasteiger partial charge in [0.2, 0.25) is 0 Å². The molecule has 0 fully saturated rings. The van der Waals surface area contributed by atoms with Gasteiger partial charge in [-0.25, -0.2) is 0 Å².